The Bertz CT molecular complexity index is 1230. The lowest BCUT2D eigenvalue weighted by atomic mass is 9.82. The summed E-state index contributed by atoms with van der Waals surface area (Å²) in [4.78, 5) is 36.5. The molecule has 7 nitrogen and oxygen atoms in total. The molecular weight excluding hydrogens is 557 g/mol. The highest BCUT2D eigenvalue weighted by Gasteiger charge is 2.41. The van der Waals surface area contributed by atoms with E-state index in [-0.39, 0.29) is 35.4 Å². The predicted molar refractivity (Wildman–Crippen MR) is 159 cm³/mol. The number of piperidine rings is 1. The average molecular weight is 603 g/mol. The van der Waals surface area contributed by atoms with Crippen molar-refractivity contribution in [2.45, 2.75) is 84.7 Å². The Labute approximate surface area is 253 Å². The van der Waals surface area contributed by atoms with Crippen molar-refractivity contribution >= 4 is 12.0 Å². The van der Waals surface area contributed by atoms with Gasteiger partial charge in [-0.3, -0.25) is 14.7 Å². The summed E-state index contributed by atoms with van der Waals surface area (Å²) >= 11 is 0. The van der Waals surface area contributed by atoms with Crippen molar-refractivity contribution < 1.29 is 27.5 Å². The van der Waals surface area contributed by atoms with E-state index in [4.69, 9.17) is 4.74 Å². The number of hydrogen-bond acceptors (Lipinski definition) is 5. The van der Waals surface area contributed by atoms with Crippen LogP contribution in [0.5, 0.6) is 0 Å². The molecule has 2 aliphatic rings. The van der Waals surface area contributed by atoms with Crippen LogP contribution in [0, 0.1) is 11.3 Å². The van der Waals surface area contributed by atoms with Gasteiger partial charge in [-0.05, 0) is 62.6 Å². The second-order valence-electron chi connectivity index (χ2n) is 13.9. The maximum Gasteiger partial charge on any atom is 0.417 e. The van der Waals surface area contributed by atoms with Crippen molar-refractivity contribution in [1.82, 2.24) is 19.7 Å². The van der Waals surface area contributed by atoms with E-state index in [9.17, 15) is 22.8 Å². The normalized spacial score (nSPS) is 20.2. The number of halogens is 3. The third-order valence-electron chi connectivity index (χ3n) is 8.34. The lowest BCUT2D eigenvalue weighted by Crippen LogP contribution is -2.60. The van der Waals surface area contributed by atoms with Gasteiger partial charge >= 0.3 is 12.3 Å². The van der Waals surface area contributed by atoms with E-state index in [0.717, 1.165) is 30.7 Å². The second kappa shape index (κ2) is 12.8. The van der Waals surface area contributed by atoms with Gasteiger partial charge < -0.3 is 14.5 Å². The van der Waals surface area contributed by atoms with E-state index < -0.39 is 17.3 Å². The first-order valence-electron chi connectivity index (χ1n) is 15.1. The zero-order chi connectivity index (χ0) is 31.6. The molecule has 1 aromatic carbocycles. The van der Waals surface area contributed by atoms with Gasteiger partial charge in [0, 0.05) is 51.4 Å². The quantitative estimate of drug-likeness (QED) is 0.377. The molecule has 2 saturated heterocycles. The molecule has 0 aliphatic carbocycles. The molecule has 2 atom stereocenters. The molecular formula is C33H45F3N4O3. The highest BCUT2D eigenvalue weighted by molar-refractivity contribution is 5.77. The van der Waals surface area contributed by atoms with Crippen molar-refractivity contribution in [3.63, 3.8) is 0 Å². The Morgan fingerprint density at radius 2 is 1.58 bits per heavy atom. The van der Waals surface area contributed by atoms with Crippen LogP contribution in [0.4, 0.5) is 18.0 Å². The first-order valence-corrected chi connectivity index (χ1v) is 15.1. The van der Waals surface area contributed by atoms with Crippen LogP contribution in [-0.4, -0.2) is 76.1 Å². The maximum absolute atomic E-state index is 13.8. The summed E-state index contributed by atoms with van der Waals surface area (Å²) in [5, 5.41) is 0. The van der Waals surface area contributed by atoms with Crippen molar-refractivity contribution in [2.24, 2.45) is 11.3 Å². The molecule has 0 N–H and O–H groups in total. The molecule has 2 amide bonds. The number of hydrogen-bond donors (Lipinski definition) is 0. The minimum absolute atomic E-state index is 0.101. The van der Waals surface area contributed by atoms with Gasteiger partial charge in [0.05, 0.1) is 17.3 Å². The minimum atomic E-state index is -4.45. The number of aromatic nitrogens is 1. The Hall–Kier alpha value is -3.14. The van der Waals surface area contributed by atoms with E-state index in [1.54, 1.807) is 4.90 Å². The Morgan fingerprint density at radius 3 is 2.12 bits per heavy atom. The molecule has 0 spiro atoms. The summed E-state index contributed by atoms with van der Waals surface area (Å²) in [5.41, 5.74) is -0.0652. The lowest BCUT2D eigenvalue weighted by molar-refractivity contribution is -0.141. The number of amides is 2. The van der Waals surface area contributed by atoms with E-state index in [1.165, 1.54) is 6.07 Å². The van der Waals surface area contributed by atoms with Gasteiger partial charge in [-0.25, -0.2) is 4.79 Å². The fourth-order valence-corrected chi connectivity index (χ4v) is 6.03. The van der Waals surface area contributed by atoms with Crippen LogP contribution in [0.15, 0.2) is 48.7 Å². The van der Waals surface area contributed by atoms with Gasteiger partial charge in [0.15, 0.2) is 0 Å². The predicted octanol–water partition coefficient (Wildman–Crippen LogP) is 6.79. The minimum Gasteiger partial charge on any atom is -0.444 e. The number of nitrogens with zero attached hydrogens (tertiary/aromatic N) is 4. The van der Waals surface area contributed by atoms with E-state index in [2.05, 4.69) is 30.7 Å². The highest BCUT2D eigenvalue weighted by Crippen LogP contribution is 2.36. The van der Waals surface area contributed by atoms with Crippen molar-refractivity contribution in [2.75, 3.05) is 32.7 Å². The highest BCUT2D eigenvalue weighted by atomic mass is 19.4. The molecule has 2 fully saturated rings. The lowest BCUT2D eigenvalue weighted by Gasteiger charge is -2.49. The summed E-state index contributed by atoms with van der Waals surface area (Å²) in [6, 6.07) is 11.8. The van der Waals surface area contributed by atoms with Crippen molar-refractivity contribution in [3.8, 4) is 0 Å². The average Bonchev–Trinajstić information content (AvgIpc) is 2.92. The summed E-state index contributed by atoms with van der Waals surface area (Å²) in [6.07, 6.45) is -1.93. The number of pyridine rings is 1. The van der Waals surface area contributed by atoms with Gasteiger partial charge in [0.1, 0.15) is 5.60 Å². The molecule has 43 heavy (non-hydrogen) atoms. The van der Waals surface area contributed by atoms with Gasteiger partial charge in [0.25, 0.3) is 0 Å². The van der Waals surface area contributed by atoms with Crippen LogP contribution >= 0.6 is 0 Å². The SMILES string of the molecule is CC(C)(C)OC(=O)N1CCC(CC(=O)N2CCN(C(c3ccccc3)c3ccc(C(F)(F)F)cn3)C[C@@H]2C(C)(C)C)CC1. The van der Waals surface area contributed by atoms with Crippen LogP contribution in [0.1, 0.15) is 83.7 Å². The zero-order valence-corrected chi connectivity index (χ0v) is 26.2. The first-order chi connectivity index (χ1) is 20.0. The van der Waals surface area contributed by atoms with Crippen LogP contribution < -0.4 is 0 Å². The Kier molecular flexibility index (Phi) is 9.79. The van der Waals surface area contributed by atoms with Crippen molar-refractivity contribution in [3.05, 3.63) is 65.5 Å². The van der Waals surface area contributed by atoms with Gasteiger partial charge in [0.2, 0.25) is 5.91 Å². The molecule has 0 bridgehead atoms. The molecule has 236 valence electrons. The largest absolute Gasteiger partial charge is 0.444 e. The van der Waals surface area contributed by atoms with Crippen LogP contribution in [-0.2, 0) is 15.7 Å². The number of carbonyl (C=O) groups excluding carboxylic acids is 2. The van der Waals surface area contributed by atoms with Crippen LogP contribution in [0.3, 0.4) is 0 Å². The number of carbonyl (C=O) groups is 2. The molecule has 3 heterocycles. The number of alkyl halides is 3. The third kappa shape index (κ3) is 8.49. The zero-order valence-electron chi connectivity index (χ0n) is 26.2. The van der Waals surface area contributed by atoms with E-state index >= 15 is 0 Å². The molecule has 0 radical (unpaired) electrons. The van der Waals surface area contributed by atoms with Crippen molar-refractivity contribution in [1.29, 1.82) is 0 Å². The summed E-state index contributed by atoms with van der Waals surface area (Å²) in [5.74, 6) is 0.303. The number of piperazine rings is 1. The topological polar surface area (TPSA) is 66.0 Å². The van der Waals surface area contributed by atoms with Gasteiger partial charge in [-0.1, -0.05) is 51.1 Å². The molecule has 1 aromatic heterocycles. The third-order valence-corrected chi connectivity index (χ3v) is 8.34. The number of likely N-dealkylation sites (tertiary alicyclic amines) is 1. The molecule has 10 heteroatoms. The van der Waals surface area contributed by atoms with Crippen LogP contribution in [0.2, 0.25) is 0 Å². The fourth-order valence-electron chi connectivity index (χ4n) is 6.03. The summed E-state index contributed by atoms with van der Waals surface area (Å²) in [7, 11) is 0. The van der Waals surface area contributed by atoms with E-state index in [1.807, 2.05) is 56.0 Å². The summed E-state index contributed by atoms with van der Waals surface area (Å²) < 4.78 is 45.3. The monoisotopic (exact) mass is 602 g/mol. The Balaban J connectivity index is 1.47. The molecule has 2 aromatic rings. The van der Waals surface area contributed by atoms with Gasteiger partial charge in [-0.2, -0.15) is 13.2 Å². The molecule has 2 aliphatic heterocycles. The second-order valence-corrected chi connectivity index (χ2v) is 13.9. The maximum atomic E-state index is 13.8. The standard InChI is InChI=1S/C33H45F3N4O3/c1-31(2,3)27-22-39(29(24-10-8-7-9-11-24)26-13-12-25(21-37-26)33(34,35)36)18-19-40(27)28(41)20-23-14-16-38(17-15-23)30(42)43-32(4,5)6/h7-13,21,23,27,29H,14-20,22H2,1-6H3/t27-,29?/m1/s1. The fraction of sp³-hybridized carbons (Fsp3) is 0.606. The molecule has 1 unspecified atom stereocenters. The van der Waals surface area contributed by atoms with Gasteiger partial charge in [-0.15, -0.1) is 0 Å². The Morgan fingerprint density at radius 1 is 0.930 bits per heavy atom. The van der Waals surface area contributed by atoms with E-state index in [0.29, 0.717) is 44.8 Å². The summed E-state index contributed by atoms with van der Waals surface area (Å²) in [6.45, 7) is 14.7. The molecule has 0 saturated carbocycles. The number of ether oxygens (including phenoxy) is 1. The first kappa shape index (κ1) is 32.8. The number of rotatable bonds is 5. The molecule has 4 rings (SSSR count). The van der Waals surface area contributed by atoms with Crippen LogP contribution in [0.25, 0.3) is 0 Å². The number of benzene rings is 1. The smallest absolute Gasteiger partial charge is 0.417 e.